The molecule has 0 fully saturated rings. The standard InChI is InChI=1S/C18H24N6O3/c1-3-19-17(21-12-18(2,25)14-7-5-11-27-14)20-9-8-15-22-16(24-23-15)13-6-4-10-26-13/h4-7,10-11,25H,3,8-9,12H2,1-2H3,(H2,19,20,21)(H,22,23,24). The van der Waals surface area contributed by atoms with Crippen molar-refractivity contribution in [3.8, 4) is 11.6 Å². The van der Waals surface area contributed by atoms with Crippen molar-refractivity contribution in [1.82, 2.24) is 25.8 Å². The van der Waals surface area contributed by atoms with Crippen LogP contribution in [-0.4, -0.2) is 45.9 Å². The van der Waals surface area contributed by atoms with Crippen molar-refractivity contribution >= 4 is 5.96 Å². The largest absolute Gasteiger partial charge is 0.466 e. The zero-order chi connectivity index (χ0) is 19.1. The fraction of sp³-hybridized carbons (Fsp3) is 0.389. The monoisotopic (exact) mass is 372 g/mol. The van der Waals surface area contributed by atoms with E-state index in [-0.39, 0.29) is 6.54 Å². The number of furan rings is 2. The molecule has 1 unspecified atom stereocenters. The molecule has 9 nitrogen and oxygen atoms in total. The SMILES string of the molecule is CCNC(=NCC(C)(O)c1ccco1)NCCc1nc(-c2ccco2)n[nH]1. The number of hydrogen-bond donors (Lipinski definition) is 4. The topological polar surface area (TPSA) is 124 Å². The van der Waals surface area contributed by atoms with E-state index in [0.29, 0.717) is 42.8 Å². The van der Waals surface area contributed by atoms with Gasteiger partial charge in [-0.25, -0.2) is 9.98 Å². The van der Waals surface area contributed by atoms with Gasteiger partial charge in [-0.3, -0.25) is 5.10 Å². The Labute approximate surface area is 156 Å². The van der Waals surface area contributed by atoms with E-state index in [1.807, 2.05) is 13.0 Å². The molecule has 0 aromatic carbocycles. The van der Waals surface area contributed by atoms with Crippen LogP contribution in [0.4, 0.5) is 0 Å². The lowest BCUT2D eigenvalue weighted by atomic mass is 10.0. The molecule has 4 N–H and O–H groups in total. The highest BCUT2D eigenvalue weighted by Crippen LogP contribution is 2.21. The zero-order valence-corrected chi connectivity index (χ0v) is 15.4. The summed E-state index contributed by atoms with van der Waals surface area (Å²) in [7, 11) is 0. The molecule has 0 radical (unpaired) electrons. The molecule has 0 aliphatic carbocycles. The first-order chi connectivity index (χ1) is 13.1. The summed E-state index contributed by atoms with van der Waals surface area (Å²) in [5.74, 6) is 2.99. The van der Waals surface area contributed by atoms with Gasteiger partial charge in [0.1, 0.15) is 17.2 Å². The Morgan fingerprint density at radius 2 is 2.07 bits per heavy atom. The molecule has 1 atom stereocenters. The number of aliphatic imine (C=N–C) groups is 1. The number of aliphatic hydroxyl groups is 1. The van der Waals surface area contributed by atoms with Crippen LogP contribution in [0.25, 0.3) is 11.6 Å². The van der Waals surface area contributed by atoms with E-state index in [0.717, 1.165) is 5.82 Å². The van der Waals surface area contributed by atoms with E-state index in [2.05, 4.69) is 30.8 Å². The molecule has 0 bridgehead atoms. The van der Waals surface area contributed by atoms with Gasteiger partial charge in [-0.05, 0) is 38.1 Å². The van der Waals surface area contributed by atoms with Crippen molar-refractivity contribution in [3.05, 3.63) is 48.4 Å². The number of rotatable bonds is 8. The Balaban J connectivity index is 1.54. The maximum Gasteiger partial charge on any atom is 0.216 e. The molecule has 0 spiro atoms. The highest BCUT2D eigenvalue weighted by molar-refractivity contribution is 5.79. The van der Waals surface area contributed by atoms with Gasteiger partial charge in [-0.2, -0.15) is 5.10 Å². The van der Waals surface area contributed by atoms with Crippen LogP contribution in [0.15, 0.2) is 50.6 Å². The average molecular weight is 372 g/mol. The van der Waals surface area contributed by atoms with Gasteiger partial charge in [0.05, 0.1) is 19.1 Å². The number of aromatic amines is 1. The third kappa shape index (κ3) is 4.98. The summed E-state index contributed by atoms with van der Waals surface area (Å²) in [6.45, 7) is 5.12. The van der Waals surface area contributed by atoms with Gasteiger partial charge in [0.15, 0.2) is 11.7 Å². The summed E-state index contributed by atoms with van der Waals surface area (Å²) in [5, 5.41) is 23.9. The van der Waals surface area contributed by atoms with Crippen LogP contribution in [0.5, 0.6) is 0 Å². The third-order valence-electron chi connectivity index (χ3n) is 3.87. The smallest absolute Gasteiger partial charge is 0.216 e. The van der Waals surface area contributed by atoms with Crippen LogP contribution < -0.4 is 10.6 Å². The van der Waals surface area contributed by atoms with Gasteiger partial charge < -0.3 is 24.6 Å². The normalized spacial score (nSPS) is 14.1. The molecule has 3 aromatic rings. The van der Waals surface area contributed by atoms with Crippen molar-refractivity contribution in [2.45, 2.75) is 25.9 Å². The zero-order valence-electron chi connectivity index (χ0n) is 15.4. The van der Waals surface area contributed by atoms with Crippen LogP contribution in [0.1, 0.15) is 25.4 Å². The quantitative estimate of drug-likeness (QED) is 0.350. The highest BCUT2D eigenvalue weighted by Gasteiger charge is 2.26. The van der Waals surface area contributed by atoms with Gasteiger partial charge in [-0.1, -0.05) is 0 Å². The first-order valence-electron chi connectivity index (χ1n) is 8.82. The molecular formula is C18H24N6O3. The molecule has 0 saturated carbocycles. The second-order valence-electron chi connectivity index (χ2n) is 6.21. The summed E-state index contributed by atoms with van der Waals surface area (Å²) >= 11 is 0. The molecule has 144 valence electrons. The molecule has 0 aliphatic heterocycles. The summed E-state index contributed by atoms with van der Waals surface area (Å²) in [5.41, 5.74) is -1.17. The summed E-state index contributed by atoms with van der Waals surface area (Å²) in [6.07, 6.45) is 3.75. The minimum absolute atomic E-state index is 0.167. The van der Waals surface area contributed by atoms with Gasteiger partial charge in [0.25, 0.3) is 0 Å². The van der Waals surface area contributed by atoms with Crippen molar-refractivity contribution in [1.29, 1.82) is 0 Å². The molecule has 0 saturated heterocycles. The molecule has 0 amide bonds. The number of hydrogen-bond acceptors (Lipinski definition) is 6. The lowest BCUT2D eigenvalue weighted by Gasteiger charge is -2.19. The van der Waals surface area contributed by atoms with Crippen molar-refractivity contribution < 1.29 is 13.9 Å². The minimum Gasteiger partial charge on any atom is -0.466 e. The van der Waals surface area contributed by atoms with E-state index >= 15 is 0 Å². The predicted octanol–water partition coefficient (Wildman–Crippen LogP) is 1.66. The van der Waals surface area contributed by atoms with Crippen LogP contribution in [0.2, 0.25) is 0 Å². The van der Waals surface area contributed by atoms with Crippen molar-refractivity contribution in [2.75, 3.05) is 19.6 Å². The molecular weight excluding hydrogens is 348 g/mol. The molecule has 3 rings (SSSR count). The van der Waals surface area contributed by atoms with Crippen LogP contribution in [-0.2, 0) is 12.0 Å². The lowest BCUT2D eigenvalue weighted by Crippen LogP contribution is -2.39. The number of nitrogens with zero attached hydrogens (tertiary/aromatic N) is 3. The van der Waals surface area contributed by atoms with Gasteiger partial charge >= 0.3 is 0 Å². The Bertz CT molecular complexity index is 836. The Morgan fingerprint density at radius 3 is 2.78 bits per heavy atom. The van der Waals surface area contributed by atoms with Crippen LogP contribution in [0, 0.1) is 0 Å². The Kier molecular flexibility index (Phi) is 5.92. The first kappa shape index (κ1) is 18.7. The number of nitrogens with one attached hydrogen (secondary N) is 3. The minimum atomic E-state index is -1.17. The van der Waals surface area contributed by atoms with Crippen molar-refractivity contribution in [3.63, 3.8) is 0 Å². The number of aromatic nitrogens is 3. The Morgan fingerprint density at radius 1 is 1.26 bits per heavy atom. The van der Waals surface area contributed by atoms with E-state index in [4.69, 9.17) is 8.83 Å². The van der Waals surface area contributed by atoms with E-state index in [1.165, 1.54) is 6.26 Å². The van der Waals surface area contributed by atoms with Crippen LogP contribution in [0.3, 0.4) is 0 Å². The molecule has 3 aromatic heterocycles. The molecule has 3 heterocycles. The fourth-order valence-electron chi connectivity index (χ4n) is 2.46. The van der Waals surface area contributed by atoms with E-state index < -0.39 is 5.60 Å². The lowest BCUT2D eigenvalue weighted by molar-refractivity contribution is 0.0437. The maximum absolute atomic E-state index is 10.5. The highest BCUT2D eigenvalue weighted by atomic mass is 16.4. The fourth-order valence-corrected chi connectivity index (χ4v) is 2.46. The first-order valence-corrected chi connectivity index (χ1v) is 8.82. The number of H-pyrrole nitrogens is 1. The molecule has 9 heteroatoms. The third-order valence-corrected chi connectivity index (χ3v) is 3.87. The molecule has 27 heavy (non-hydrogen) atoms. The van der Waals surface area contributed by atoms with Gasteiger partial charge in [0.2, 0.25) is 5.82 Å². The second kappa shape index (κ2) is 8.54. The summed E-state index contributed by atoms with van der Waals surface area (Å²) in [4.78, 5) is 8.84. The maximum atomic E-state index is 10.5. The van der Waals surface area contributed by atoms with E-state index in [9.17, 15) is 5.11 Å². The summed E-state index contributed by atoms with van der Waals surface area (Å²) < 4.78 is 10.6. The van der Waals surface area contributed by atoms with E-state index in [1.54, 1.807) is 31.4 Å². The average Bonchev–Trinajstić information content (AvgIpc) is 3.41. The number of guanidine groups is 1. The molecule has 0 aliphatic rings. The van der Waals surface area contributed by atoms with Gasteiger partial charge in [0, 0.05) is 19.5 Å². The van der Waals surface area contributed by atoms with Crippen LogP contribution >= 0.6 is 0 Å². The summed E-state index contributed by atoms with van der Waals surface area (Å²) in [6, 6.07) is 7.08. The second-order valence-corrected chi connectivity index (χ2v) is 6.21. The van der Waals surface area contributed by atoms with Gasteiger partial charge in [-0.15, -0.1) is 0 Å². The Hall–Kier alpha value is -3.07. The van der Waals surface area contributed by atoms with Crippen molar-refractivity contribution in [2.24, 2.45) is 4.99 Å². The predicted molar refractivity (Wildman–Crippen MR) is 100 cm³/mol.